The first-order chi connectivity index (χ1) is 9.96. The van der Waals surface area contributed by atoms with E-state index in [1.807, 2.05) is 6.07 Å². The Morgan fingerprint density at radius 1 is 1.18 bits per heavy atom. The lowest BCUT2D eigenvalue weighted by molar-refractivity contribution is 0.290. The molecule has 4 nitrogen and oxygen atoms in total. The fourth-order valence-corrected chi connectivity index (χ4v) is 3.94. The molecule has 1 aromatic carbocycles. The molecule has 1 atom stereocenters. The molecular formula is C16H26NO3PS. The maximum Gasteiger partial charge on any atom is 0.486 e. The van der Waals surface area contributed by atoms with Gasteiger partial charge in [-0.25, -0.2) is 4.57 Å². The molecule has 0 aromatic heterocycles. The van der Waals surface area contributed by atoms with Crippen LogP contribution in [0.15, 0.2) is 12.1 Å². The van der Waals surface area contributed by atoms with Crippen molar-refractivity contribution in [1.82, 2.24) is 0 Å². The molecule has 22 heavy (non-hydrogen) atoms. The van der Waals surface area contributed by atoms with E-state index in [9.17, 15) is 4.57 Å². The lowest BCUT2D eigenvalue weighted by Crippen LogP contribution is -2.16. The first-order valence-corrected chi connectivity index (χ1v) is 9.66. The number of nitrogens with one attached hydrogen (secondary N) is 1. The second kappa shape index (κ2) is 5.77. The number of benzene rings is 1. The molecular weight excluding hydrogens is 317 g/mol. The lowest BCUT2D eigenvalue weighted by Gasteiger charge is -2.26. The molecule has 0 saturated heterocycles. The van der Waals surface area contributed by atoms with E-state index in [1.165, 1.54) is 5.56 Å². The molecule has 1 aromatic rings. The fraction of sp³-hybridized carbons (Fsp3) is 0.625. The molecule has 1 heterocycles. The van der Waals surface area contributed by atoms with E-state index < -0.39 is 7.75 Å². The van der Waals surface area contributed by atoms with Crippen molar-refractivity contribution in [2.24, 2.45) is 0 Å². The average molecular weight is 343 g/mol. The van der Waals surface area contributed by atoms with E-state index in [2.05, 4.69) is 65.3 Å². The predicted molar refractivity (Wildman–Crippen MR) is 95.5 cm³/mol. The van der Waals surface area contributed by atoms with Gasteiger partial charge in [0.1, 0.15) is 0 Å². The molecule has 1 aliphatic heterocycles. The Hall–Kier alpha value is -0.640. The van der Waals surface area contributed by atoms with Crippen LogP contribution in [0.1, 0.15) is 52.7 Å². The molecule has 0 saturated carbocycles. The van der Waals surface area contributed by atoms with Crippen LogP contribution in [0.5, 0.6) is 5.75 Å². The van der Waals surface area contributed by atoms with Crippen molar-refractivity contribution in [2.45, 2.75) is 52.4 Å². The van der Waals surface area contributed by atoms with Crippen LogP contribution in [0.3, 0.4) is 0 Å². The molecule has 1 N–H and O–H groups in total. The average Bonchev–Trinajstić information content (AvgIpc) is 2.69. The Morgan fingerprint density at radius 2 is 1.82 bits per heavy atom. The zero-order valence-corrected chi connectivity index (χ0v) is 16.0. The number of rotatable bonds is 3. The van der Waals surface area contributed by atoms with E-state index in [4.69, 9.17) is 9.05 Å². The Kier molecular flexibility index (Phi) is 4.65. The molecule has 0 bridgehead atoms. The van der Waals surface area contributed by atoms with Crippen molar-refractivity contribution in [3.8, 4) is 5.75 Å². The van der Waals surface area contributed by atoms with Crippen LogP contribution in [0, 0.1) is 0 Å². The highest BCUT2D eigenvalue weighted by Crippen LogP contribution is 2.60. The van der Waals surface area contributed by atoms with Crippen LogP contribution >= 0.6 is 20.4 Å². The minimum Gasteiger partial charge on any atom is -0.407 e. The highest BCUT2D eigenvalue weighted by atomic mass is 32.1. The van der Waals surface area contributed by atoms with Gasteiger partial charge >= 0.3 is 7.75 Å². The normalized spacial score (nSPS) is 21.2. The summed E-state index contributed by atoms with van der Waals surface area (Å²) in [6, 6.07) is 4.16. The molecule has 6 heteroatoms. The highest BCUT2D eigenvalue weighted by molar-refractivity contribution is 7.80. The molecule has 0 amide bonds. The summed E-state index contributed by atoms with van der Waals surface area (Å²) in [6.45, 7) is 13.1. The smallest absolute Gasteiger partial charge is 0.407 e. The minimum atomic E-state index is -3.34. The summed E-state index contributed by atoms with van der Waals surface area (Å²) in [5.74, 6) is 1.13. The Labute approximate surface area is 139 Å². The Bertz CT molecular complexity index is 617. The van der Waals surface area contributed by atoms with E-state index in [0.29, 0.717) is 11.5 Å². The van der Waals surface area contributed by atoms with Crippen molar-refractivity contribution in [1.29, 1.82) is 0 Å². The van der Waals surface area contributed by atoms with Gasteiger partial charge in [-0.1, -0.05) is 47.6 Å². The lowest BCUT2D eigenvalue weighted by atomic mass is 9.80. The zero-order chi connectivity index (χ0) is 16.8. The van der Waals surface area contributed by atoms with Gasteiger partial charge in [-0.2, -0.15) is 12.6 Å². The summed E-state index contributed by atoms with van der Waals surface area (Å²) in [4.78, 5) is 0. The maximum absolute atomic E-state index is 12.7. The second-order valence-corrected chi connectivity index (χ2v) is 9.76. The second-order valence-electron chi connectivity index (χ2n) is 7.66. The van der Waals surface area contributed by atoms with Crippen LogP contribution in [0.2, 0.25) is 0 Å². The summed E-state index contributed by atoms with van der Waals surface area (Å²) in [7, 11) is -3.34. The summed E-state index contributed by atoms with van der Waals surface area (Å²) >= 11 is 4.08. The van der Waals surface area contributed by atoms with Gasteiger partial charge in [0, 0.05) is 11.3 Å². The number of hydrogen-bond acceptors (Lipinski definition) is 4. The number of fused-ring (bicyclic) bond motifs is 1. The third-order valence-corrected chi connectivity index (χ3v) is 5.23. The largest absolute Gasteiger partial charge is 0.486 e. The van der Waals surface area contributed by atoms with Gasteiger partial charge in [-0.3, -0.25) is 9.61 Å². The monoisotopic (exact) mass is 343 g/mol. The first-order valence-electron chi connectivity index (χ1n) is 7.49. The highest BCUT2D eigenvalue weighted by Gasteiger charge is 2.39. The fourth-order valence-electron chi connectivity index (χ4n) is 2.31. The van der Waals surface area contributed by atoms with Gasteiger partial charge in [0.2, 0.25) is 0 Å². The van der Waals surface area contributed by atoms with E-state index >= 15 is 0 Å². The van der Waals surface area contributed by atoms with E-state index in [-0.39, 0.29) is 17.4 Å². The van der Waals surface area contributed by atoms with Crippen molar-refractivity contribution >= 4 is 26.1 Å². The third-order valence-electron chi connectivity index (χ3n) is 3.58. The molecule has 124 valence electrons. The SMILES string of the molecule is CC(C)(C)c1cc2c(c(C(C)(C)C)c1)OP(=O)(OCCS)N2. The maximum atomic E-state index is 12.7. The van der Waals surface area contributed by atoms with Crippen molar-refractivity contribution in [2.75, 3.05) is 17.4 Å². The summed E-state index contributed by atoms with van der Waals surface area (Å²) in [5.41, 5.74) is 2.84. The van der Waals surface area contributed by atoms with Gasteiger partial charge in [-0.15, -0.1) is 0 Å². The summed E-state index contributed by atoms with van der Waals surface area (Å²) in [6.07, 6.45) is 0. The molecule has 0 radical (unpaired) electrons. The minimum absolute atomic E-state index is 0.00472. The van der Waals surface area contributed by atoms with Gasteiger partial charge in [0.05, 0.1) is 12.3 Å². The predicted octanol–water partition coefficient (Wildman–Crippen LogP) is 5.14. The Balaban J connectivity index is 2.51. The van der Waals surface area contributed by atoms with Crippen molar-refractivity contribution < 1.29 is 13.6 Å². The number of hydrogen-bond donors (Lipinski definition) is 2. The zero-order valence-electron chi connectivity index (χ0n) is 14.2. The van der Waals surface area contributed by atoms with E-state index in [0.717, 1.165) is 11.3 Å². The molecule has 0 spiro atoms. The van der Waals surface area contributed by atoms with Gasteiger partial charge in [-0.05, 0) is 22.5 Å². The van der Waals surface area contributed by atoms with Crippen LogP contribution in [0.25, 0.3) is 0 Å². The van der Waals surface area contributed by atoms with Crippen LogP contribution in [-0.4, -0.2) is 12.4 Å². The van der Waals surface area contributed by atoms with Crippen LogP contribution < -0.4 is 9.61 Å². The van der Waals surface area contributed by atoms with Gasteiger partial charge in [0.25, 0.3) is 0 Å². The van der Waals surface area contributed by atoms with Gasteiger partial charge < -0.3 is 4.52 Å². The molecule has 1 aliphatic rings. The summed E-state index contributed by atoms with van der Waals surface area (Å²) < 4.78 is 23.8. The molecule has 0 fully saturated rings. The number of anilines is 1. The van der Waals surface area contributed by atoms with Crippen LogP contribution in [0.4, 0.5) is 5.69 Å². The van der Waals surface area contributed by atoms with Gasteiger partial charge in [0.15, 0.2) is 5.75 Å². The van der Waals surface area contributed by atoms with Crippen molar-refractivity contribution in [3.63, 3.8) is 0 Å². The van der Waals surface area contributed by atoms with E-state index in [1.54, 1.807) is 0 Å². The third kappa shape index (κ3) is 3.64. The molecule has 1 unspecified atom stereocenters. The standard InChI is InChI=1S/C16H26NO3PS/c1-15(2,3)11-9-12(16(4,5)6)14-13(10-11)17-21(18,20-14)19-7-8-22/h9-10,22H,7-8H2,1-6H3,(H,17,18). The molecule has 2 rings (SSSR count). The molecule has 0 aliphatic carbocycles. The topological polar surface area (TPSA) is 47.6 Å². The number of thiol groups is 1. The first kappa shape index (κ1) is 17.7. The Morgan fingerprint density at radius 3 is 2.32 bits per heavy atom. The van der Waals surface area contributed by atoms with Crippen molar-refractivity contribution in [3.05, 3.63) is 23.3 Å². The van der Waals surface area contributed by atoms with Crippen LogP contribution in [-0.2, 0) is 19.9 Å². The summed E-state index contributed by atoms with van der Waals surface area (Å²) in [5, 5.41) is 2.95. The quantitative estimate of drug-likeness (QED) is 0.589.